The third-order valence-corrected chi connectivity index (χ3v) is 7.02. The van der Waals surface area contributed by atoms with Gasteiger partial charge >= 0.3 is 12.1 Å². The van der Waals surface area contributed by atoms with E-state index < -0.39 is 81.4 Å². The highest BCUT2D eigenvalue weighted by Crippen LogP contribution is 2.15. The lowest BCUT2D eigenvalue weighted by atomic mass is 9.96. The summed E-state index contributed by atoms with van der Waals surface area (Å²) < 4.78 is 10.5. The van der Waals surface area contributed by atoms with Crippen LogP contribution in [0.1, 0.15) is 95.6 Å². The second-order valence-electron chi connectivity index (χ2n) is 15.0. The number of benzene rings is 1. The van der Waals surface area contributed by atoms with E-state index in [1.54, 1.807) is 45.0 Å². The van der Waals surface area contributed by atoms with Crippen LogP contribution in [0.25, 0.3) is 0 Å². The molecule has 49 heavy (non-hydrogen) atoms. The predicted molar refractivity (Wildman–Crippen MR) is 182 cm³/mol. The first kappa shape index (κ1) is 42.3. The van der Waals surface area contributed by atoms with E-state index >= 15 is 0 Å². The summed E-state index contributed by atoms with van der Waals surface area (Å²) in [5, 5.41) is 15.2. The Labute approximate surface area is 288 Å². The van der Waals surface area contributed by atoms with Crippen LogP contribution in [0.15, 0.2) is 30.3 Å². The van der Waals surface area contributed by atoms with Crippen molar-refractivity contribution >= 4 is 41.6 Å². The van der Waals surface area contributed by atoms with E-state index in [-0.39, 0.29) is 6.61 Å². The highest BCUT2D eigenvalue weighted by Gasteiger charge is 2.41. The van der Waals surface area contributed by atoms with Gasteiger partial charge in [-0.05, 0) is 95.6 Å². The van der Waals surface area contributed by atoms with Crippen molar-refractivity contribution in [2.75, 3.05) is 0 Å². The van der Waals surface area contributed by atoms with Gasteiger partial charge in [-0.2, -0.15) is 0 Å². The van der Waals surface area contributed by atoms with Crippen LogP contribution in [0.2, 0.25) is 0 Å². The van der Waals surface area contributed by atoms with Gasteiger partial charge < -0.3 is 41.4 Å². The molecule has 0 unspecified atom stereocenters. The number of carbonyl (C=O) groups excluding carboxylic acids is 7. The van der Waals surface area contributed by atoms with Crippen molar-refractivity contribution in [2.45, 2.75) is 136 Å². The summed E-state index contributed by atoms with van der Waals surface area (Å²) in [6.07, 6.45) is -0.832. The average molecular weight is 691 g/mol. The predicted octanol–water partition coefficient (Wildman–Crippen LogP) is 1.73. The van der Waals surface area contributed by atoms with Gasteiger partial charge in [-0.1, -0.05) is 30.3 Å². The first-order valence-electron chi connectivity index (χ1n) is 15.9. The second-order valence-corrected chi connectivity index (χ2v) is 15.0. The molecule has 15 heteroatoms. The Morgan fingerprint density at radius 2 is 1.02 bits per heavy atom. The number of esters is 1. The third-order valence-electron chi connectivity index (χ3n) is 7.02. The molecule has 0 saturated carbocycles. The monoisotopic (exact) mass is 690 g/mol. The van der Waals surface area contributed by atoms with Crippen LogP contribution in [-0.2, 0) is 44.8 Å². The highest BCUT2D eigenvalue weighted by molar-refractivity contribution is 5.99. The van der Waals surface area contributed by atoms with Gasteiger partial charge in [-0.15, -0.1) is 0 Å². The van der Waals surface area contributed by atoms with Gasteiger partial charge in [0.25, 0.3) is 0 Å². The zero-order valence-corrected chi connectivity index (χ0v) is 30.9. The molecular formula is C34H54N6O9. The summed E-state index contributed by atoms with van der Waals surface area (Å²) in [7, 11) is 0. The van der Waals surface area contributed by atoms with E-state index in [2.05, 4.69) is 31.9 Å². The van der Waals surface area contributed by atoms with Crippen LogP contribution in [0.4, 0.5) is 4.79 Å². The number of amides is 6. The van der Waals surface area contributed by atoms with E-state index in [0.29, 0.717) is 0 Å². The quantitative estimate of drug-likeness (QED) is 0.157. The largest absolute Gasteiger partial charge is 0.458 e. The standard InChI is InChI=1S/C34H54N6O9/c1-20(23(41)35-21(2)24(42)37-34(12,13)28(46)49-30(3,4)5)36-25(43)31(6,7)38-26(44)32(8,9)39-27(45)33(10,11)40-29(47)48-19-22-17-15-14-16-18-22/h14-18,20-21H,19H2,1-13H3,(H,35,41)(H,36,43)(H,37,42)(H,38,44)(H,39,45)(H,40,47)/t20-,21-/m0/s1. The number of hydrogen-bond donors (Lipinski definition) is 6. The van der Waals surface area contributed by atoms with Gasteiger partial charge in [0.05, 0.1) is 0 Å². The fourth-order valence-electron chi connectivity index (χ4n) is 3.78. The van der Waals surface area contributed by atoms with Crippen molar-refractivity contribution < 1.29 is 43.0 Å². The van der Waals surface area contributed by atoms with Crippen LogP contribution < -0.4 is 31.9 Å². The Morgan fingerprint density at radius 3 is 1.51 bits per heavy atom. The summed E-state index contributed by atoms with van der Waals surface area (Å²) in [5.74, 6) is -4.14. The van der Waals surface area contributed by atoms with Gasteiger partial charge in [-0.25, -0.2) is 9.59 Å². The first-order valence-corrected chi connectivity index (χ1v) is 15.9. The van der Waals surface area contributed by atoms with Gasteiger partial charge in [0.15, 0.2) is 0 Å². The molecule has 0 saturated heterocycles. The molecule has 274 valence electrons. The Hall–Kier alpha value is -4.69. The molecule has 0 heterocycles. The Morgan fingerprint density at radius 1 is 0.571 bits per heavy atom. The van der Waals surface area contributed by atoms with Crippen LogP contribution in [-0.4, -0.2) is 81.4 Å². The molecule has 6 N–H and O–H groups in total. The lowest BCUT2D eigenvalue weighted by molar-refractivity contribution is -0.163. The number of alkyl carbamates (subject to hydrolysis) is 1. The van der Waals surface area contributed by atoms with Gasteiger partial charge in [0.2, 0.25) is 29.5 Å². The number of ether oxygens (including phenoxy) is 2. The molecule has 1 aromatic carbocycles. The van der Waals surface area contributed by atoms with Crippen molar-refractivity contribution in [3.05, 3.63) is 35.9 Å². The van der Waals surface area contributed by atoms with Gasteiger partial charge in [-0.3, -0.25) is 24.0 Å². The van der Waals surface area contributed by atoms with Crippen molar-refractivity contribution in [1.29, 1.82) is 0 Å². The summed E-state index contributed by atoms with van der Waals surface area (Å²) >= 11 is 0. The summed E-state index contributed by atoms with van der Waals surface area (Å²) in [5.41, 5.74) is -5.95. The maximum atomic E-state index is 13.2. The van der Waals surface area contributed by atoms with Crippen LogP contribution in [0.5, 0.6) is 0 Å². The molecule has 0 fully saturated rings. The van der Waals surface area contributed by atoms with Crippen molar-refractivity contribution in [2.24, 2.45) is 0 Å². The minimum atomic E-state index is -1.55. The van der Waals surface area contributed by atoms with E-state index in [1.807, 2.05) is 6.07 Å². The molecule has 1 rings (SSSR count). The first-order chi connectivity index (χ1) is 22.1. The van der Waals surface area contributed by atoms with E-state index in [4.69, 9.17) is 9.47 Å². The maximum absolute atomic E-state index is 13.2. The lowest BCUT2D eigenvalue weighted by Crippen LogP contribution is -2.66. The van der Waals surface area contributed by atoms with E-state index in [0.717, 1.165) is 5.56 Å². The zero-order chi connectivity index (χ0) is 38.2. The molecular weight excluding hydrogens is 636 g/mol. The number of hydrogen-bond acceptors (Lipinski definition) is 9. The smallest absolute Gasteiger partial charge is 0.408 e. The number of nitrogens with one attached hydrogen (secondary N) is 6. The Balaban J connectivity index is 2.74. The van der Waals surface area contributed by atoms with Gasteiger partial charge in [0.1, 0.15) is 46.4 Å². The fraction of sp³-hybridized carbons (Fsp3) is 0.618. The highest BCUT2D eigenvalue weighted by atomic mass is 16.6. The summed E-state index contributed by atoms with van der Waals surface area (Å²) in [4.78, 5) is 89.8. The SMILES string of the molecule is C[C@H](NC(=O)[C@H](C)NC(=O)C(C)(C)NC(=O)C(C)(C)NC(=O)C(C)(C)NC(=O)OCc1ccccc1)C(=O)NC(C)(C)C(=O)OC(C)(C)C. The van der Waals surface area contributed by atoms with Crippen LogP contribution >= 0.6 is 0 Å². The third kappa shape index (κ3) is 13.8. The zero-order valence-electron chi connectivity index (χ0n) is 30.9. The fourth-order valence-corrected chi connectivity index (χ4v) is 3.78. The minimum Gasteiger partial charge on any atom is -0.458 e. The second kappa shape index (κ2) is 16.1. The molecule has 0 bridgehead atoms. The topological polar surface area (TPSA) is 210 Å². The molecule has 1 aromatic rings. The Bertz CT molecular complexity index is 1400. The Kier molecular flexibility index (Phi) is 13.9. The van der Waals surface area contributed by atoms with Gasteiger partial charge in [0, 0.05) is 0 Å². The number of rotatable bonds is 14. The summed E-state index contributed by atoms with van der Waals surface area (Å²) in [6.45, 7) is 19.4. The van der Waals surface area contributed by atoms with Crippen molar-refractivity contribution in [3.63, 3.8) is 0 Å². The molecule has 0 radical (unpaired) electrons. The average Bonchev–Trinajstić information content (AvgIpc) is 2.94. The maximum Gasteiger partial charge on any atom is 0.408 e. The molecule has 0 spiro atoms. The normalized spacial score (nSPS) is 13.5. The molecule has 0 aliphatic carbocycles. The molecule has 0 aromatic heterocycles. The van der Waals surface area contributed by atoms with E-state index in [9.17, 15) is 33.6 Å². The molecule has 0 aliphatic heterocycles. The van der Waals surface area contributed by atoms with Crippen molar-refractivity contribution in [3.8, 4) is 0 Å². The van der Waals surface area contributed by atoms with Crippen LogP contribution in [0, 0.1) is 0 Å². The summed E-state index contributed by atoms with van der Waals surface area (Å²) in [6, 6.07) is 6.78. The van der Waals surface area contributed by atoms with Crippen LogP contribution in [0.3, 0.4) is 0 Å². The minimum absolute atomic E-state index is 0.00174. The molecule has 6 amide bonds. The lowest BCUT2D eigenvalue weighted by Gasteiger charge is -2.34. The molecule has 15 nitrogen and oxygen atoms in total. The van der Waals surface area contributed by atoms with E-state index in [1.165, 1.54) is 69.2 Å². The van der Waals surface area contributed by atoms with Crippen molar-refractivity contribution in [1.82, 2.24) is 31.9 Å². The molecule has 2 atom stereocenters. The molecule has 0 aliphatic rings. The number of carbonyl (C=O) groups is 7.